The van der Waals surface area contributed by atoms with E-state index < -0.39 is 0 Å². The number of fused-ring (bicyclic) bond motifs is 2. The highest BCUT2D eigenvalue weighted by Gasteiger charge is 2.34. The summed E-state index contributed by atoms with van der Waals surface area (Å²) in [6.45, 7) is 10.4. The summed E-state index contributed by atoms with van der Waals surface area (Å²) in [7, 11) is 0. The summed E-state index contributed by atoms with van der Waals surface area (Å²) in [5, 5.41) is 9.47. The van der Waals surface area contributed by atoms with Crippen LogP contribution in [0.3, 0.4) is 0 Å². The van der Waals surface area contributed by atoms with E-state index in [4.69, 9.17) is 0 Å². The number of allylic oxidation sites excluding steroid dienone is 1. The number of likely N-dealkylation sites (tertiary alicyclic amines) is 2. The van der Waals surface area contributed by atoms with Gasteiger partial charge in [0, 0.05) is 48.6 Å². The Hall–Kier alpha value is -2.97. The number of amides is 2. The zero-order valence-electron chi connectivity index (χ0n) is 23.4. The molecule has 3 aliphatic heterocycles. The second-order valence-electron chi connectivity index (χ2n) is 11.9. The number of hydrogen-bond acceptors (Lipinski definition) is 6. The van der Waals surface area contributed by atoms with Gasteiger partial charge in [0.25, 0.3) is 0 Å². The summed E-state index contributed by atoms with van der Waals surface area (Å²) in [6.07, 6.45) is 11.3. The van der Waals surface area contributed by atoms with Crippen LogP contribution in [-0.4, -0.2) is 72.7 Å². The van der Waals surface area contributed by atoms with Crippen LogP contribution < -0.4 is 16.0 Å². The van der Waals surface area contributed by atoms with E-state index in [1.165, 1.54) is 25.7 Å². The summed E-state index contributed by atoms with van der Waals surface area (Å²) in [5.41, 5.74) is 2.73. The lowest BCUT2D eigenvalue weighted by molar-refractivity contribution is -0.120. The Balaban J connectivity index is 1.14. The number of nitrogens with one attached hydrogen (secondary N) is 3. The molecule has 3 N–H and O–H groups in total. The van der Waals surface area contributed by atoms with Crippen molar-refractivity contribution < 1.29 is 14.4 Å². The Morgan fingerprint density at radius 1 is 0.897 bits per heavy atom. The molecule has 0 aromatic heterocycles. The van der Waals surface area contributed by atoms with Gasteiger partial charge in [0.2, 0.25) is 11.8 Å². The number of rotatable bonds is 8. The summed E-state index contributed by atoms with van der Waals surface area (Å²) >= 11 is 0. The van der Waals surface area contributed by atoms with Crippen LogP contribution in [0.15, 0.2) is 42.1 Å². The third-order valence-electron chi connectivity index (χ3n) is 8.77. The Labute approximate surface area is 232 Å². The van der Waals surface area contributed by atoms with E-state index >= 15 is 0 Å². The van der Waals surface area contributed by atoms with E-state index in [0.717, 1.165) is 51.1 Å². The largest absolute Gasteiger partial charge is 0.377 e. The van der Waals surface area contributed by atoms with Gasteiger partial charge in [-0.25, -0.2) is 0 Å². The maximum atomic E-state index is 13.2. The first kappa shape index (κ1) is 27.6. The molecule has 1 aromatic rings. The minimum absolute atomic E-state index is 0.00503. The Kier molecular flexibility index (Phi) is 8.82. The standard InChI is InChI=1S/C31H43N5O3/c1-21-7-13-35(14-8-21)17-11-29(37)32-23-3-5-25-27(19-23)34-28-20-24(4-6-26(28)31(25)39)33-30(38)12-18-36-15-9-22(2)10-16-36/h3-6,19-22,25,27,34H,7-18H2,1-2H3,(H,32,37)(H,33,38). The zero-order chi connectivity index (χ0) is 27.4. The molecule has 0 radical (unpaired) electrons. The number of carbonyl (C=O) groups excluding carboxylic acids is 3. The van der Waals surface area contributed by atoms with Gasteiger partial charge in [-0.3, -0.25) is 14.4 Å². The average Bonchev–Trinajstić information content (AvgIpc) is 2.92. The fraction of sp³-hybridized carbons (Fsp3) is 0.581. The highest BCUT2D eigenvalue weighted by atomic mass is 16.2. The smallest absolute Gasteiger partial charge is 0.225 e. The van der Waals surface area contributed by atoms with Crippen molar-refractivity contribution in [3.63, 3.8) is 0 Å². The average molecular weight is 534 g/mol. The Morgan fingerprint density at radius 2 is 1.49 bits per heavy atom. The molecule has 8 nitrogen and oxygen atoms in total. The van der Waals surface area contributed by atoms with Crippen molar-refractivity contribution in [2.24, 2.45) is 17.8 Å². The fourth-order valence-corrected chi connectivity index (χ4v) is 6.00. The second-order valence-corrected chi connectivity index (χ2v) is 11.9. The second kappa shape index (κ2) is 12.5. The lowest BCUT2D eigenvalue weighted by atomic mass is 9.83. The van der Waals surface area contributed by atoms with Gasteiger partial charge in [-0.05, 0) is 94.0 Å². The third kappa shape index (κ3) is 7.17. The number of piperidine rings is 2. The van der Waals surface area contributed by atoms with Gasteiger partial charge in [0.15, 0.2) is 5.78 Å². The Bertz CT molecular complexity index is 1130. The normalized spacial score (nSPS) is 24.4. The SMILES string of the molecule is CC1CCN(CCC(=O)NC2=CC3Nc4cc(NC(=O)CCN5CCC(C)CC5)ccc4C(=O)C3C=C2)CC1. The quantitative estimate of drug-likeness (QED) is 0.467. The molecule has 2 saturated heterocycles. The van der Waals surface area contributed by atoms with Gasteiger partial charge < -0.3 is 25.8 Å². The van der Waals surface area contributed by atoms with Crippen molar-refractivity contribution in [2.75, 3.05) is 49.9 Å². The van der Waals surface area contributed by atoms with Crippen LogP contribution in [0.25, 0.3) is 0 Å². The van der Waals surface area contributed by atoms with Gasteiger partial charge in [-0.1, -0.05) is 19.9 Å². The number of benzene rings is 1. The first-order chi connectivity index (χ1) is 18.8. The maximum Gasteiger partial charge on any atom is 0.225 e. The number of anilines is 2. The predicted molar refractivity (Wildman–Crippen MR) is 155 cm³/mol. The molecule has 0 spiro atoms. The molecule has 5 rings (SSSR count). The molecule has 39 heavy (non-hydrogen) atoms. The monoisotopic (exact) mass is 533 g/mol. The first-order valence-corrected chi connectivity index (χ1v) is 14.7. The van der Waals surface area contributed by atoms with Crippen molar-refractivity contribution in [3.8, 4) is 0 Å². The molecule has 0 saturated carbocycles. The zero-order valence-corrected chi connectivity index (χ0v) is 23.4. The molecule has 2 fully saturated rings. The number of hydrogen-bond donors (Lipinski definition) is 3. The Morgan fingerprint density at radius 3 is 2.10 bits per heavy atom. The van der Waals surface area contributed by atoms with Gasteiger partial charge in [0.1, 0.15) is 0 Å². The number of Topliss-reactive ketones (excluding diaryl/α,β-unsaturated/α-hetero) is 1. The number of ketones is 1. The van der Waals surface area contributed by atoms with Crippen molar-refractivity contribution in [1.82, 2.24) is 15.1 Å². The van der Waals surface area contributed by atoms with Crippen LogP contribution in [-0.2, 0) is 9.59 Å². The maximum absolute atomic E-state index is 13.2. The highest BCUT2D eigenvalue weighted by molar-refractivity contribution is 6.07. The molecule has 2 amide bonds. The van der Waals surface area contributed by atoms with Crippen LogP contribution in [0.2, 0.25) is 0 Å². The molecule has 4 aliphatic rings. The van der Waals surface area contributed by atoms with Crippen LogP contribution in [0.5, 0.6) is 0 Å². The van der Waals surface area contributed by atoms with E-state index in [1.54, 1.807) is 12.1 Å². The van der Waals surface area contributed by atoms with Gasteiger partial charge in [-0.2, -0.15) is 0 Å². The minimum Gasteiger partial charge on any atom is -0.377 e. The van der Waals surface area contributed by atoms with E-state index in [9.17, 15) is 14.4 Å². The minimum atomic E-state index is -0.318. The van der Waals surface area contributed by atoms with Crippen molar-refractivity contribution in [2.45, 2.75) is 58.4 Å². The van der Waals surface area contributed by atoms with Crippen molar-refractivity contribution >= 4 is 29.0 Å². The van der Waals surface area contributed by atoms with E-state index in [-0.39, 0.29) is 29.6 Å². The fourth-order valence-electron chi connectivity index (χ4n) is 6.00. The van der Waals surface area contributed by atoms with Crippen LogP contribution in [0.1, 0.15) is 62.7 Å². The molecule has 3 heterocycles. The molecule has 2 atom stereocenters. The number of nitrogens with zero attached hydrogens (tertiary/aromatic N) is 2. The van der Waals surface area contributed by atoms with Gasteiger partial charge in [-0.15, -0.1) is 0 Å². The highest BCUT2D eigenvalue weighted by Crippen LogP contribution is 2.34. The summed E-state index contributed by atoms with van der Waals surface area (Å²) in [4.78, 5) is 43.2. The third-order valence-corrected chi connectivity index (χ3v) is 8.77. The lowest BCUT2D eigenvalue weighted by Crippen LogP contribution is -2.40. The molecular weight excluding hydrogens is 490 g/mol. The molecule has 210 valence electrons. The summed E-state index contributed by atoms with van der Waals surface area (Å²) in [5.74, 6) is 1.25. The molecule has 2 unspecified atom stereocenters. The molecular formula is C31H43N5O3. The van der Waals surface area contributed by atoms with Gasteiger partial charge >= 0.3 is 0 Å². The topological polar surface area (TPSA) is 93.8 Å². The van der Waals surface area contributed by atoms with Crippen LogP contribution in [0, 0.1) is 17.8 Å². The molecule has 1 aromatic carbocycles. The molecule has 8 heteroatoms. The van der Waals surface area contributed by atoms with Crippen molar-refractivity contribution in [3.05, 3.63) is 47.7 Å². The van der Waals surface area contributed by atoms with Crippen LogP contribution >= 0.6 is 0 Å². The lowest BCUT2D eigenvalue weighted by Gasteiger charge is -2.33. The van der Waals surface area contributed by atoms with Crippen molar-refractivity contribution in [1.29, 1.82) is 0 Å². The predicted octanol–water partition coefficient (Wildman–Crippen LogP) is 4.03. The summed E-state index contributed by atoms with van der Waals surface area (Å²) < 4.78 is 0. The summed E-state index contributed by atoms with van der Waals surface area (Å²) in [6, 6.07) is 5.18. The van der Waals surface area contributed by atoms with E-state index in [0.29, 0.717) is 35.5 Å². The van der Waals surface area contributed by atoms with Gasteiger partial charge in [0.05, 0.1) is 12.0 Å². The molecule has 0 bridgehead atoms. The molecule has 1 aliphatic carbocycles. The van der Waals surface area contributed by atoms with E-state index in [1.807, 2.05) is 24.3 Å². The first-order valence-electron chi connectivity index (χ1n) is 14.7. The number of carbonyl (C=O) groups is 3. The van der Waals surface area contributed by atoms with E-state index in [2.05, 4.69) is 39.6 Å². The van der Waals surface area contributed by atoms with Crippen LogP contribution in [0.4, 0.5) is 11.4 Å².